The van der Waals surface area contributed by atoms with Crippen molar-refractivity contribution in [3.8, 4) is 5.75 Å². The van der Waals surface area contributed by atoms with Crippen LogP contribution in [0, 0.1) is 0 Å². The van der Waals surface area contributed by atoms with E-state index in [2.05, 4.69) is 15.2 Å². The van der Waals surface area contributed by atoms with Crippen LogP contribution in [0.15, 0.2) is 51.9 Å². The SMILES string of the molecule is COc1ccc2cc(CN(CCN(C)C)C(=S)NCc3ccco3)c(=O)[nH]c2c1. The van der Waals surface area contributed by atoms with Gasteiger partial charge in [0.25, 0.3) is 5.56 Å². The number of H-pyrrole nitrogens is 1. The Morgan fingerprint density at radius 2 is 2.07 bits per heavy atom. The average molecular weight is 415 g/mol. The maximum Gasteiger partial charge on any atom is 0.253 e. The van der Waals surface area contributed by atoms with Crippen LogP contribution in [0.1, 0.15) is 11.3 Å². The van der Waals surface area contributed by atoms with Crippen LogP contribution in [0.5, 0.6) is 5.75 Å². The number of likely N-dealkylation sites (N-methyl/N-ethyl adjacent to an activating group) is 1. The van der Waals surface area contributed by atoms with E-state index in [0.717, 1.165) is 23.2 Å². The Labute approximate surface area is 175 Å². The van der Waals surface area contributed by atoms with Gasteiger partial charge < -0.3 is 29.3 Å². The Kier molecular flexibility index (Phi) is 6.90. The lowest BCUT2D eigenvalue weighted by Crippen LogP contribution is -2.43. The normalized spacial score (nSPS) is 11.0. The summed E-state index contributed by atoms with van der Waals surface area (Å²) in [5.74, 6) is 1.51. The van der Waals surface area contributed by atoms with Gasteiger partial charge in [0.15, 0.2) is 5.11 Å². The Bertz CT molecular complexity index is 1010. The number of nitrogens with one attached hydrogen (secondary N) is 2. The first-order valence-electron chi connectivity index (χ1n) is 9.36. The van der Waals surface area contributed by atoms with Crippen LogP contribution < -0.4 is 15.6 Å². The Balaban J connectivity index is 1.79. The molecular formula is C21H26N4O3S. The van der Waals surface area contributed by atoms with Crippen LogP contribution >= 0.6 is 12.2 Å². The van der Waals surface area contributed by atoms with E-state index in [-0.39, 0.29) is 5.56 Å². The standard InChI is InChI=1S/C21H26N4O3S/c1-24(2)8-9-25(21(29)22-13-18-5-4-10-28-18)14-16-11-15-6-7-17(27-3)12-19(15)23-20(16)26/h4-7,10-12H,8-9,13-14H2,1-3H3,(H,22,29)(H,23,26). The third-order valence-electron chi connectivity index (χ3n) is 4.59. The topological polar surface area (TPSA) is 73.7 Å². The molecule has 2 heterocycles. The van der Waals surface area contributed by atoms with Gasteiger partial charge in [0, 0.05) is 24.7 Å². The highest BCUT2D eigenvalue weighted by molar-refractivity contribution is 7.80. The first-order chi connectivity index (χ1) is 14.0. The minimum absolute atomic E-state index is 0.130. The van der Waals surface area contributed by atoms with Gasteiger partial charge in [-0.25, -0.2) is 0 Å². The van der Waals surface area contributed by atoms with Crippen LogP contribution in [0.4, 0.5) is 0 Å². The zero-order valence-electron chi connectivity index (χ0n) is 16.9. The Hall–Kier alpha value is -2.84. The fourth-order valence-electron chi connectivity index (χ4n) is 2.94. The highest BCUT2D eigenvalue weighted by atomic mass is 32.1. The smallest absolute Gasteiger partial charge is 0.253 e. The number of aromatic amines is 1. The summed E-state index contributed by atoms with van der Waals surface area (Å²) in [6.45, 7) is 2.41. The Morgan fingerprint density at radius 1 is 1.24 bits per heavy atom. The quantitative estimate of drug-likeness (QED) is 0.549. The van der Waals surface area contributed by atoms with Crippen molar-refractivity contribution in [1.82, 2.24) is 20.1 Å². The summed E-state index contributed by atoms with van der Waals surface area (Å²) in [5.41, 5.74) is 1.27. The second-order valence-electron chi connectivity index (χ2n) is 7.04. The van der Waals surface area contributed by atoms with Gasteiger partial charge >= 0.3 is 0 Å². The highest BCUT2D eigenvalue weighted by Gasteiger charge is 2.14. The van der Waals surface area contributed by atoms with E-state index in [1.165, 1.54) is 0 Å². The van der Waals surface area contributed by atoms with Gasteiger partial charge in [-0.1, -0.05) is 0 Å². The van der Waals surface area contributed by atoms with E-state index in [1.54, 1.807) is 13.4 Å². The maximum absolute atomic E-state index is 12.7. The number of rotatable bonds is 8. The summed E-state index contributed by atoms with van der Waals surface area (Å²) in [6.07, 6.45) is 1.63. The molecular weight excluding hydrogens is 388 g/mol. The molecule has 0 radical (unpaired) electrons. The molecule has 0 saturated heterocycles. The number of fused-ring (bicyclic) bond motifs is 1. The molecule has 0 fully saturated rings. The van der Waals surface area contributed by atoms with Gasteiger partial charge in [-0.2, -0.15) is 0 Å². The average Bonchev–Trinajstić information content (AvgIpc) is 3.22. The number of aromatic nitrogens is 1. The molecule has 0 aliphatic heterocycles. The summed E-state index contributed by atoms with van der Waals surface area (Å²) in [4.78, 5) is 19.7. The highest BCUT2D eigenvalue weighted by Crippen LogP contribution is 2.19. The molecule has 0 saturated carbocycles. The molecule has 29 heavy (non-hydrogen) atoms. The van der Waals surface area contributed by atoms with E-state index in [9.17, 15) is 4.79 Å². The molecule has 0 aliphatic rings. The minimum Gasteiger partial charge on any atom is -0.497 e. The largest absolute Gasteiger partial charge is 0.497 e. The minimum atomic E-state index is -0.130. The van der Waals surface area contributed by atoms with E-state index in [1.807, 2.05) is 55.4 Å². The monoisotopic (exact) mass is 414 g/mol. The number of hydrogen-bond acceptors (Lipinski definition) is 5. The van der Waals surface area contributed by atoms with Crippen molar-refractivity contribution >= 4 is 28.2 Å². The van der Waals surface area contributed by atoms with E-state index < -0.39 is 0 Å². The molecule has 1 aromatic carbocycles. The molecule has 3 aromatic rings. The van der Waals surface area contributed by atoms with Crippen molar-refractivity contribution in [2.45, 2.75) is 13.1 Å². The molecule has 0 atom stereocenters. The van der Waals surface area contributed by atoms with Crippen LogP contribution in [-0.2, 0) is 13.1 Å². The lowest BCUT2D eigenvalue weighted by Gasteiger charge is -2.27. The summed E-state index contributed by atoms with van der Waals surface area (Å²) >= 11 is 5.60. The lowest BCUT2D eigenvalue weighted by molar-refractivity contribution is 0.321. The fourth-order valence-corrected chi connectivity index (χ4v) is 3.16. The molecule has 0 unspecified atom stereocenters. The number of hydrogen-bond donors (Lipinski definition) is 2. The molecule has 154 valence electrons. The predicted molar refractivity (Wildman–Crippen MR) is 118 cm³/mol. The second kappa shape index (κ2) is 9.58. The second-order valence-corrected chi connectivity index (χ2v) is 7.43. The van der Waals surface area contributed by atoms with Crippen molar-refractivity contribution in [2.75, 3.05) is 34.3 Å². The number of pyridine rings is 1. The number of nitrogens with zero attached hydrogens (tertiary/aromatic N) is 2. The number of benzene rings is 1. The van der Waals surface area contributed by atoms with Crippen molar-refractivity contribution in [2.24, 2.45) is 0 Å². The van der Waals surface area contributed by atoms with E-state index >= 15 is 0 Å². The maximum atomic E-state index is 12.7. The van der Waals surface area contributed by atoms with E-state index in [0.29, 0.717) is 36.1 Å². The summed E-state index contributed by atoms with van der Waals surface area (Å²) in [7, 11) is 5.62. The van der Waals surface area contributed by atoms with Crippen LogP contribution in [-0.4, -0.2) is 54.2 Å². The molecule has 0 bridgehead atoms. The van der Waals surface area contributed by atoms with Crippen molar-refractivity contribution in [3.05, 3.63) is 64.3 Å². The van der Waals surface area contributed by atoms with Gasteiger partial charge in [-0.3, -0.25) is 4.79 Å². The Morgan fingerprint density at radius 3 is 2.76 bits per heavy atom. The van der Waals surface area contributed by atoms with Gasteiger partial charge in [0.2, 0.25) is 0 Å². The van der Waals surface area contributed by atoms with Crippen LogP contribution in [0.3, 0.4) is 0 Å². The molecule has 0 amide bonds. The first-order valence-corrected chi connectivity index (χ1v) is 9.77. The van der Waals surface area contributed by atoms with Crippen LogP contribution in [0.2, 0.25) is 0 Å². The molecule has 7 nitrogen and oxygen atoms in total. The van der Waals surface area contributed by atoms with Gasteiger partial charge in [0.1, 0.15) is 11.5 Å². The molecule has 8 heteroatoms. The first kappa shape index (κ1) is 20.9. The van der Waals surface area contributed by atoms with Crippen LogP contribution in [0.25, 0.3) is 10.9 Å². The molecule has 3 rings (SSSR count). The zero-order chi connectivity index (χ0) is 20.8. The van der Waals surface area contributed by atoms with Gasteiger partial charge in [0.05, 0.1) is 32.0 Å². The summed E-state index contributed by atoms with van der Waals surface area (Å²) in [6, 6.07) is 11.3. The van der Waals surface area contributed by atoms with Crippen molar-refractivity contribution < 1.29 is 9.15 Å². The summed E-state index contributed by atoms with van der Waals surface area (Å²) in [5, 5.41) is 4.74. The van der Waals surface area contributed by atoms with Crippen molar-refractivity contribution in [1.29, 1.82) is 0 Å². The molecule has 2 aromatic heterocycles. The number of furan rings is 1. The van der Waals surface area contributed by atoms with Crippen molar-refractivity contribution in [3.63, 3.8) is 0 Å². The molecule has 0 spiro atoms. The third kappa shape index (κ3) is 5.58. The fraction of sp³-hybridized carbons (Fsp3) is 0.333. The summed E-state index contributed by atoms with van der Waals surface area (Å²) < 4.78 is 10.6. The molecule has 0 aliphatic carbocycles. The number of ether oxygens (including phenoxy) is 1. The van der Waals surface area contributed by atoms with Gasteiger partial charge in [-0.05, 0) is 62.0 Å². The zero-order valence-corrected chi connectivity index (χ0v) is 17.7. The number of methoxy groups -OCH3 is 1. The molecule has 2 N–H and O–H groups in total. The predicted octanol–water partition coefficient (Wildman–Crippen LogP) is 2.57. The lowest BCUT2D eigenvalue weighted by atomic mass is 10.1. The van der Waals surface area contributed by atoms with E-state index in [4.69, 9.17) is 21.4 Å². The van der Waals surface area contributed by atoms with Gasteiger partial charge in [-0.15, -0.1) is 0 Å². The number of thiocarbonyl (C=S) groups is 1. The third-order valence-corrected chi connectivity index (χ3v) is 4.99.